The van der Waals surface area contributed by atoms with E-state index in [4.69, 9.17) is 4.74 Å². The van der Waals surface area contributed by atoms with Crippen molar-refractivity contribution in [2.45, 2.75) is 283 Å². The second kappa shape index (κ2) is 53.5. The number of carbonyl (C=O) groups excluding carboxylic acids is 1. The number of unbranched alkanes of at least 4 members (excludes halogenated alkanes) is 25. The largest absolute Gasteiger partial charge is 0.464 e. The topological polar surface area (TPSA) is 129 Å². The van der Waals surface area contributed by atoms with Gasteiger partial charge in [-0.1, -0.05) is 234 Å². The summed E-state index contributed by atoms with van der Waals surface area (Å²) in [6.45, 7) is 19.5. The van der Waals surface area contributed by atoms with Gasteiger partial charge in [0, 0.05) is 83.4 Å². The van der Waals surface area contributed by atoms with Crippen LogP contribution in [-0.4, -0.2) is 162 Å². The molecule has 13 heteroatoms. The van der Waals surface area contributed by atoms with Crippen molar-refractivity contribution in [3.05, 3.63) is 4.91 Å². The molecule has 0 spiro atoms. The van der Waals surface area contributed by atoms with Crippen LogP contribution < -0.4 is 0 Å². The molecule has 0 saturated carbocycles. The van der Waals surface area contributed by atoms with Crippen LogP contribution in [0.25, 0.3) is 0 Å². The van der Waals surface area contributed by atoms with Gasteiger partial charge >= 0.3 is 5.97 Å². The van der Waals surface area contributed by atoms with Crippen molar-refractivity contribution in [1.29, 1.82) is 0 Å². The van der Waals surface area contributed by atoms with Crippen LogP contribution in [-0.2, 0) is 9.53 Å². The third-order valence-electron chi connectivity index (χ3n) is 15.1. The van der Waals surface area contributed by atoms with E-state index in [0.29, 0.717) is 39.2 Å². The van der Waals surface area contributed by atoms with Crippen molar-refractivity contribution in [1.82, 2.24) is 19.6 Å². The number of nitroso groups, excluding NO2 is 1. The molecule has 0 aromatic rings. The minimum absolute atomic E-state index is 0.122. The van der Waals surface area contributed by atoms with Gasteiger partial charge < -0.3 is 20.1 Å². The van der Waals surface area contributed by atoms with E-state index >= 15 is 0 Å². The number of nitrogens with zero attached hydrogens (tertiary/aromatic N) is 5. The monoisotopic (exact) mass is 1070 g/mol. The fourth-order valence-electron chi connectivity index (χ4n) is 10.3. The van der Waals surface area contributed by atoms with Crippen molar-refractivity contribution in [2.24, 2.45) is 5.18 Å². The number of esters is 1. The normalized spacial score (nSPS) is 15.4. The maximum absolute atomic E-state index is 12.7. The number of rotatable bonds is 57. The zero-order valence-corrected chi connectivity index (χ0v) is 50.1. The summed E-state index contributed by atoms with van der Waals surface area (Å²) < 4.78 is 5.69. The highest BCUT2D eigenvalue weighted by molar-refractivity contribution is 8.76. The molecule has 11 nitrogen and oxygen atoms in total. The van der Waals surface area contributed by atoms with E-state index < -0.39 is 0 Å². The summed E-state index contributed by atoms with van der Waals surface area (Å²) >= 11 is 0. The number of piperazine rings is 1. The van der Waals surface area contributed by atoms with E-state index in [2.05, 4.69) is 52.5 Å². The van der Waals surface area contributed by atoms with Crippen LogP contribution in [0, 0.1) is 4.91 Å². The van der Waals surface area contributed by atoms with E-state index in [1.165, 1.54) is 154 Å². The molecule has 0 aromatic heterocycles. The highest BCUT2D eigenvalue weighted by Crippen LogP contribution is 2.23. The van der Waals surface area contributed by atoms with Crippen LogP contribution >= 0.6 is 21.6 Å². The van der Waals surface area contributed by atoms with Gasteiger partial charge in [-0.15, -0.1) is 0 Å². The third kappa shape index (κ3) is 46.1. The Morgan fingerprint density at radius 3 is 1.27 bits per heavy atom. The predicted octanol–water partition coefficient (Wildman–Crippen LogP) is 14.5. The molecule has 4 atom stereocenters. The molecule has 1 heterocycles. The van der Waals surface area contributed by atoms with Gasteiger partial charge in [-0.05, 0) is 58.0 Å². The molecular weight excluding hydrogens is 951 g/mol. The van der Waals surface area contributed by atoms with Crippen LogP contribution in [0.1, 0.15) is 259 Å². The second-order valence-corrected chi connectivity index (χ2v) is 24.9. The van der Waals surface area contributed by atoms with Gasteiger partial charge in [-0.3, -0.25) is 24.4 Å². The van der Waals surface area contributed by atoms with Crippen molar-refractivity contribution in [3.8, 4) is 0 Å². The average Bonchev–Trinajstić information content (AvgIpc) is 3.38. The lowest BCUT2D eigenvalue weighted by molar-refractivity contribution is -0.144. The van der Waals surface area contributed by atoms with Crippen LogP contribution in [0.4, 0.5) is 0 Å². The number of carbonyl (C=O) groups is 1. The lowest BCUT2D eigenvalue weighted by atomic mass is 10.0. The SMILES string of the molecule is CCCCCCCCCCC(O)CN(CCCCC(=O)OCCN1CCN(CCSSCCCN(CC(O)CCCCCCCC)CC(CCCCCCCC)N=O)CC1)CC(O)CCCCCCCCCC. The number of hydrogen-bond acceptors (Lipinski definition) is 13. The van der Waals surface area contributed by atoms with Crippen molar-refractivity contribution < 1.29 is 24.9 Å². The van der Waals surface area contributed by atoms with E-state index in [-0.39, 0.29) is 30.3 Å². The molecule has 1 saturated heterocycles. The van der Waals surface area contributed by atoms with Gasteiger partial charge in [0.2, 0.25) is 0 Å². The molecule has 0 bridgehead atoms. The number of aliphatic hydroxyl groups is 3. The molecule has 73 heavy (non-hydrogen) atoms. The van der Waals surface area contributed by atoms with Gasteiger partial charge in [0.25, 0.3) is 0 Å². The molecule has 434 valence electrons. The van der Waals surface area contributed by atoms with E-state index in [1.54, 1.807) is 0 Å². The summed E-state index contributed by atoms with van der Waals surface area (Å²) in [6, 6.07) is -0.190. The Morgan fingerprint density at radius 1 is 0.466 bits per heavy atom. The lowest BCUT2D eigenvalue weighted by Crippen LogP contribution is -2.47. The molecule has 1 aliphatic rings. The molecule has 1 aliphatic heterocycles. The lowest BCUT2D eigenvalue weighted by Gasteiger charge is -2.34. The zero-order valence-electron chi connectivity index (χ0n) is 48.5. The maximum Gasteiger partial charge on any atom is 0.305 e. The van der Waals surface area contributed by atoms with Crippen LogP contribution in [0.3, 0.4) is 0 Å². The first-order valence-corrected chi connectivity index (χ1v) is 33.9. The third-order valence-corrected chi connectivity index (χ3v) is 17.6. The zero-order chi connectivity index (χ0) is 53.1. The Balaban J connectivity index is 2.35. The van der Waals surface area contributed by atoms with Gasteiger partial charge in [0.15, 0.2) is 0 Å². The van der Waals surface area contributed by atoms with Crippen molar-refractivity contribution >= 4 is 27.6 Å². The predicted molar refractivity (Wildman–Crippen MR) is 318 cm³/mol. The van der Waals surface area contributed by atoms with Crippen molar-refractivity contribution in [2.75, 3.05) is 96.6 Å². The summed E-state index contributed by atoms with van der Waals surface area (Å²) in [4.78, 5) is 34.1. The Bertz CT molecular complexity index is 1150. The molecule has 0 amide bonds. The summed E-state index contributed by atoms with van der Waals surface area (Å²) in [5.74, 6) is 2.03. The Morgan fingerprint density at radius 2 is 0.836 bits per heavy atom. The van der Waals surface area contributed by atoms with Gasteiger partial charge in [0.1, 0.15) is 12.6 Å². The molecule has 1 fully saturated rings. The molecule has 1 rings (SSSR count). The Labute approximate surface area is 459 Å². The smallest absolute Gasteiger partial charge is 0.305 e. The number of aliphatic hydroxyl groups excluding tert-OH is 3. The van der Waals surface area contributed by atoms with Crippen LogP contribution in [0.5, 0.6) is 0 Å². The first-order valence-electron chi connectivity index (χ1n) is 31.4. The maximum atomic E-state index is 12.7. The summed E-state index contributed by atoms with van der Waals surface area (Å²) in [7, 11) is 3.90. The number of ether oxygens (including phenoxy) is 1. The standard InChI is InChI=1S/C60H121N5O6S2/c1-5-9-13-17-21-23-27-31-38-58(67)54-65(55-59(68)39-32-28-24-22-18-14-10-6-2)41-34-33-40-60(69)71-49-47-62-43-45-63(46-44-62)48-51-73-72-50-35-42-64(53-57(66)37-30-26-20-16-12-8-4)52-56(61-70)36-29-25-19-15-11-7-3/h56-59,66-68H,5-55H2,1-4H3. The minimum atomic E-state index is -0.378. The Kier molecular flexibility index (Phi) is 51.7. The van der Waals surface area contributed by atoms with Gasteiger partial charge in [-0.2, -0.15) is 4.91 Å². The molecule has 0 aromatic carbocycles. The molecular formula is C60H121N5O6S2. The van der Waals surface area contributed by atoms with E-state index in [0.717, 1.165) is 134 Å². The number of hydrogen-bond donors (Lipinski definition) is 3. The van der Waals surface area contributed by atoms with Gasteiger partial charge in [0.05, 0.1) is 18.3 Å². The van der Waals surface area contributed by atoms with E-state index in [1.807, 2.05) is 21.6 Å². The first kappa shape index (κ1) is 70.5. The second-order valence-electron chi connectivity index (χ2n) is 22.2. The van der Waals surface area contributed by atoms with E-state index in [9.17, 15) is 25.0 Å². The summed E-state index contributed by atoms with van der Waals surface area (Å²) in [5, 5.41) is 36.5. The van der Waals surface area contributed by atoms with Crippen LogP contribution in [0.2, 0.25) is 0 Å². The summed E-state index contributed by atoms with van der Waals surface area (Å²) in [5.41, 5.74) is 0. The molecule has 4 unspecified atom stereocenters. The fraction of sp³-hybridized carbons (Fsp3) is 0.983. The minimum Gasteiger partial charge on any atom is -0.464 e. The summed E-state index contributed by atoms with van der Waals surface area (Å²) in [6.07, 6.45) is 40.1. The van der Waals surface area contributed by atoms with Crippen LogP contribution in [0.15, 0.2) is 5.18 Å². The Hall–Kier alpha value is -0.510. The first-order chi connectivity index (χ1) is 35.7. The van der Waals surface area contributed by atoms with Crippen molar-refractivity contribution in [3.63, 3.8) is 0 Å². The fourth-order valence-corrected chi connectivity index (χ4v) is 12.4. The molecule has 0 aliphatic carbocycles. The quantitative estimate of drug-likeness (QED) is 0.0232. The molecule has 3 N–H and O–H groups in total. The highest BCUT2D eigenvalue weighted by atomic mass is 33.1. The molecule has 0 radical (unpaired) electrons. The average molecular weight is 1070 g/mol. The highest BCUT2D eigenvalue weighted by Gasteiger charge is 2.20. The van der Waals surface area contributed by atoms with Gasteiger partial charge in [-0.25, -0.2) is 0 Å².